The van der Waals surface area contributed by atoms with Gasteiger partial charge in [-0.2, -0.15) is 9.61 Å². The predicted molar refractivity (Wildman–Crippen MR) is 120 cm³/mol. The Morgan fingerprint density at radius 1 is 0.967 bits per heavy atom. The average molecular weight is 413 g/mol. The SMILES string of the molecule is CCCN(CCOC)c1cc(C)nc2c(-c3c(C)cc(OC)cc3OC)c(C)nn12. The molecular weight excluding hydrogens is 380 g/mol. The van der Waals surface area contributed by atoms with Crippen molar-refractivity contribution in [3.05, 3.63) is 35.2 Å². The lowest BCUT2D eigenvalue weighted by Crippen LogP contribution is -2.30. The summed E-state index contributed by atoms with van der Waals surface area (Å²) in [4.78, 5) is 7.18. The number of hydrogen-bond acceptors (Lipinski definition) is 6. The van der Waals surface area contributed by atoms with Crippen LogP contribution in [0.15, 0.2) is 18.2 Å². The molecular formula is C23H32N4O3. The first-order valence-electron chi connectivity index (χ1n) is 10.3. The Morgan fingerprint density at radius 3 is 2.37 bits per heavy atom. The lowest BCUT2D eigenvalue weighted by atomic mass is 9.99. The maximum atomic E-state index is 5.72. The molecule has 0 fully saturated rings. The second-order valence-corrected chi connectivity index (χ2v) is 7.45. The van der Waals surface area contributed by atoms with Crippen LogP contribution in [-0.4, -0.2) is 55.6 Å². The zero-order valence-corrected chi connectivity index (χ0v) is 19.1. The highest BCUT2D eigenvalue weighted by atomic mass is 16.5. The molecule has 3 rings (SSSR count). The van der Waals surface area contributed by atoms with Gasteiger partial charge in [-0.15, -0.1) is 0 Å². The maximum Gasteiger partial charge on any atom is 0.165 e. The molecule has 0 unspecified atom stereocenters. The van der Waals surface area contributed by atoms with E-state index in [2.05, 4.69) is 24.8 Å². The first kappa shape index (κ1) is 21.9. The molecule has 0 aliphatic rings. The van der Waals surface area contributed by atoms with E-state index in [9.17, 15) is 0 Å². The van der Waals surface area contributed by atoms with Gasteiger partial charge < -0.3 is 19.1 Å². The Hall–Kier alpha value is -2.80. The minimum atomic E-state index is 0.654. The van der Waals surface area contributed by atoms with Gasteiger partial charge in [-0.3, -0.25) is 0 Å². The zero-order valence-electron chi connectivity index (χ0n) is 19.1. The van der Waals surface area contributed by atoms with E-state index in [1.165, 1.54) is 0 Å². The van der Waals surface area contributed by atoms with Gasteiger partial charge in [0.15, 0.2) is 5.65 Å². The van der Waals surface area contributed by atoms with Gasteiger partial charge in [0.05, 0.1) is 32.1 Å². The molecule has 2 heterocycles. The minimum Gasteiger partial charge on any atom is -0.497 e. The number of anilines is 1. The molecule has 30 heavy (non-hydrogen) atoms. The van der Waals surface area contributed by atoms with Crippen molar-refractivity contribution >= 4 is 11.5 Å². The van der Waals surface area contributed by atoms with Gasteiger partial charge in [-0.1, -0.05) is 6.92 Å². The number of benzene rings is 1. The number of nitrogens with zero attached hydrogens (tertiary/aromatic N) is 4. The number of hydrogen-bond donors (Lipinski definition) is 0. The Bertz CT molecular complexity index is 1030. The van der Waals surface area contributed by atoms with Gasteiger partial charge in [0.1, 0.15) is 17.3 Å². The normalized spacial score (nSPS) is 11.2. The van der Waals surface area contributed by atoms with Gasteiger partial charge in [-0.25, -0.2) is 4.98 Å². The van der Waals surface area contributed by atoms with E-state index >= 15 is 0 Å². The van der Waals surface area contributed by atoms with Crippen LogP contribution in [0.25, 0.3) is 16.8 Å². The molecule has 0 atom stereocenters. The summed E-state index contributed by atoms with van der Waals surface area (Å²) in [7, 11) is 5.07. The minimum absolute atomic E-state index is 0.654. The van der Waals surface area contributed by atoms with Crippen LogP contribution in [0.4, 0.5) is 5.82 Å². The first-order valence-corrected chi connectivity index (χ1v) is 10.3. The molecule has 2 aromatic heterocycles. The van der Waals surface area contributed by atoms with Crippen LogP contribution in [0.2, 0.25) is 0 Å². The molecule has 3 aromatic rings. The van der Waals surface area contributed by atoms with Crippen LogP contribution in [-0.2, 0) is 4.74 Å². The first-order chi connectivity index (χ1) is 14.4. The molecule has 7 heteroatoms. The van der Waals surface area contributed by atoms with Crippen molar-refractivity contribution in [1.82, 2.24) is 14.6 Å². The number of rotatable bonds is 9. The summed E-state index contributed by atoms with van der Waals surface area (Å²) in [6.45, 7) is 10.6. The Labute approximate surface area is 178 Å². The standard InChI is InChI=1S/C23H32N4O3/c1-8-9-26(10-11-28-5)20-13-16(3)24-23-22(17(4)25-27(20)23)21-15(2)12-18(29-6)14-19(21)30-7/h12-14H,8-11H2,1-7H3. The van der Waals surface area contributed by atoms with E-state index in [1.54, 1.807) is 21.3 Å². The van der Waals surface area contributed by atoms with Crippen molar-refractivity contribution in [3.8, 4) is 22.6 Å². The van der Waals surface area contributed by atoms with E-state index in [-0.39, 0.29) is 0 Å². The van der Waals surface area contributed by atoms with Gasteiger partial charge in [0.25, 0.3) is 0 Å². The molecule has 7 nitrogen and oxygen atoms in total. The van der Waals surface area contributed by atoms with Crippen molar-refractivity contribution in [1.29, 1.82) is 0 Å². The smallest absolute Gasteiger partial charge is 0.165 e. The molecule has 1 aromatic carbocycles. The average Bonchev–Trinajstić information content (AvgIpc) is 3.05. The van der Waals surface area contributed by atoms with Crippen LogP contribution in [0, 0.1) is 20.8 Å². The number of fused-ring (bicyclic) bond motifs is 1. The molecule has 0 saturated carbocycles. The summed E-state index contributed by atoms with van der Waals surface area (Å²) in [5.41, 5.74) is 5.71. The van der Waals surface area contributed by atoms with Gasteiger partial charge >= 0.3 is 0 Å². The second-order valence-electron chi connectivity index (χ2n) is 7.45. The maximum absolute atomic E-state index is 5.72. The van der Waals surface area contributed by atoms with Gasteiger partial charge in [0.2, 0.25) is 0 Å². The quantitative estimate of drug-likeness (QED) is 0.525. The van der Waals surface area contributed by atoms with E-state index < -0.39 is 0 Å². The highest BCUT2D eigenvalue weighted by Gasteiger charge is 2.23. The fourth-order valence-corrected chi connectivity index (χ4v) is 3.88. The lowest BCUT2D eigenvalue weighted by Gasteiger charge is -2.24. The monoisotopic (exact) mass is 412 g/mol. The van der Waals surface area contributed by atoms with Crippen molar-refractivity contribution in [3.63, 3.8) is 0 Å². The molecule has 0 spiro atoms. The molecule has 0 radical (unpaired) electrons. The fraction of sp³-hybridized carbons (Fsp3) is 0.478. The van der Waals surface area contributed by atoms with Gasteiger partial charge in [0, 0.05) is 43.6 Å². The van der Waals surface area contributed by atoms with Gasteiger partial charge in [-0.05, 0) is 38.8 Å². The molecule has 0 amide bonds. The molecule has 0 bridgehead atoms. The Kier molecular flexibility index (Phi) is 6.82. The topological polar surface area (TPSA) is 61.1 Å². The van der Waals surface area contributed by atoms with Crippen molar-refractivity contribution < 1.29 is 14.2 Å². The second kappa shape index (κ2) is 9.34. The van der Waals surface area contributed by atoms with Crippen LogP contribution in [0.5, 0.6) is 11.5 Å². The van der Waals surface area contributed by atoms with E-state index in [1.807, 2.05) is 30.5 Å². The van der Waals surface area contributed by atoms with E-state index in [0.717, 1.165) is 70.6 Å². The highest BCUT2D eigenvalue weighted by Crippen LogP contribution is 2.40. The Morgan fingerprint density at radius 2 is 1.73 bits per heavy atom. The molecule has 162 valence electrons. The summed E-state index contributed by atoms with van der Waals surface area (Å²) in [5.74, 6) is 2.54. The number of aryl methyl sites for hydroxylation is 3. The number of ether oxygens (including phenoxy) is 3. The van der Waals surface area contributed by atoms with Crippen LogP contribution >= 0.6 is 0 Å². The predicted octanol–water partition coefficient (Wildman–Crippen LogP) is 4.20. The third-order valence-electron chi connectivity index (χ3n) is 5.23. The zero-order chi connectivity index (χ0) is 21.8. The molecule has 0 saturated heterocycles. The number of methoxy groups -OCH3 is 3. The van der Waals surface area contributed by atoms with Crippen molar-refractivity contribution in [2.75, 3.05) is 45.9 Å². The number of aromatic nitrogens is 3. The lowest BCUT2D eigenvalue weighted by molar-refractivity contribution is 0.205. The van der Waals surface area contributed by atoms with Crippen LogP contribution < -0.4 is 14.4 Å². The highest BCUT2D eigenvalue weighted by molar-refractivity contribution is 5.87. The molecule has 0 aliphatic carbocycles. The largest absolute Gasteiger partial charge is 0.497 e. The van der Waals surface area contributed by atoms with E-state index in [0.29, 0.717) is 6.61 Å². The van der Waals surface area contributed by atoms with Crippen LogP contribution in [0.1, 0.15) is 30.3 Å². The summed E-state index contributed by atoms with van der Waals surface area (Å²) in [5, 5.41) is 4.89. The van der Waals surface area contributed by atoms with Crippen LogP contribution in [0.3, 0.4) is 0 Å². The summed E-state index contributed by atoms with van der Waals surface area (Å²) in [6.07, 6.45) is 1.03. The summed E-state index contributed by atoms with van der Waals surface area (Å²) in [6, 6.07) is 6.01. The summed E-state index contributed by atoms with van der Waals surface area (Å²) >= 11 is 0. The third-order valence-corrected chi connectivity index (χ3v) is 5.23. The third kappa shape index (κ3) is 4.07. The van der Waals surface area contributed by atoms with Crippen molar-refractivity contribution in [2.45, 2.75) is 34.1 Å². The molecule has 0 N–H and O–H groups in total. The van der Waals surface area contributed by atoms with Crippen molar-refractivity contribution in [2.24, 2.45) is 0 Å². The fourth-order valence-electron chi connectivity index (χ4n) is 3.88. The van der Waals surface area contributed by atoms with E-state index in [4.69, 9.17) is 24.3 Å². The summed E-state index contributed by atoms with van der Waals surface area (Å²) < 4.78 is 18.4. The Balaban J connectivity index is 2.27. The molecule has 0 aliphatic heterocycles.